The lowest BCUT2D eigenvalue weighted by Gasteiger charge is -2.18. The van der Waals surface area contributed by atoms with Crippen LogP contribution in [0.3, 0.4) is 0 Å². The van der Waals surface area contributed by atoms with Gasteiger partial charge in [0.2, 0.25) is 0 Å². The minimum atomic E-state index is 0. The number of rotatable bonds is 8. The van der Waals surface area contributed by atoms with Crippen LogP contribution in [-0.2, 0) is 13.0 Å². The summed E-state index contributed by atoms with van der Waals surface area (Å²) in [6, 6.07) is 14.4. The van der Waals surface area contributed by atoms with Gasteiger partial charge < -0.3 is 10.6 Å². The lowest BCUT2D eigenvalue weighted by Crippen LogP contribution is -2.40. The quantitative estimate of drug-likeness (QED) is 0.239. The van der Waals surface area contributed by atoms with Gasteiger partial charge in [0.25, 0.3) is 0 Å². The first-order valence-corrected chi connectivity index (χ1v) is 10.5. The molecule has 0 aliphatic heterocycles. The van der Waals surface area contributed by atoms with E-state index >= 15 is 0 Å². The molecule has 6 nitrogen and oxygen atoms in total. The fraction of sp³-hybridized carbons (Fsp3) is 0.381. The SMILES string of the molecule is CCNC(=NCc1nnc2ccccn12)NCC(CC)Cc1cccc(Br)c1.I. The van der Waals surface area contributed by atoms with Crippen molar-refractivity contribution >= 4 is 51.5 Å². The van der Waals surface area contributed by atoms with Crippen LogP contribution >= 0.6 is 39.9 Å². The minimum absolute atomic E-state index is 0. The van der Waals surface area contributed by atoms with Crippen LogP contribution in [0.4, 0.5) is 0 Å². The smallest absolute Gasteiger partial charge is 0.191 e. The van der Waals surface area contributed by atoms with E-state index in [2.05, 4.69) is 74.9 Å². The summed E-state index contributed by atoms with van der Waals surface area (Å²) in [4.78, 5) is 4.70. The predicted octanol–water partition coefficient (Wildman–Crippen LogP) is 4.43. The Morgan fingerprint density at radius 1 is 1.14 bits per heavy atom. The maximum Gasteiger partial charge on any atom is 0.191 e. The van der Waals surface area contributed by atoms with E-state index in [0.29, 0.717) is 12.5 Å². The highest BCUT2D eigenvalue weighted by molar-refractivity contribution is 14.0. The average molecular weight is 571 g/mol. The highest BCUT2D eigenvalue weighted by atomic mass is 127. The summed E-state index contributed by atoms with van der Waals surface area (Å²) in [7, 11) is 0. The van der Waals surface area contributed by atoms with Crippen LogP contribution in [0.5, 0.6) is 0 Å². The Hall–Kier alpha value is -1.68. The zero-order valence-corrected chi connectivity index (χ0v) is 20.7. The third-order valence-corrected chi connectivity index (χ3v) is 5.15. The van der Waals surface area contributed by atoms with E-state index in [1.165, 1.54) is 5.56 Å². The summed E-state index contributed by atoms with van der Waals surface area (Å²) in [6.45, 7) is 6.46. The molecule has 0 spiro atoms. The molecule has 29 heavy (non-hydrogen) atoms. The fourth-order valence-electron chi connectivity index (χ4n) is 3.09. The van der Waals surface area contributed by atoms with E-state index in [1.54, 1.807) is 0 Å². The van der Waals surface area contributed by atoms with Crippen LogP contribution in [-0.4, -0.2) is 33.6 Å². The molecule has 2 heterocycles. The van der Waals surface area contributed by atoms with Crippen molar-refractivity contribution in [3.05, 3.63) is 64.5 Å². The van der Waals surface area contributed by atoms with E-state index in [-0.39, 0.29) is 24.0 Å². The maximum atomic E-state index is 4.70. The number of fused-ring (bicyclic) bond motifs is 1. The van der Waals surface area contributed by atoms with Gasteiger partial charge in [0.05, 0.1) is 0 Å². The molecule has 0 fully saturated rings. The van der Waals surface area contributed by atoms with Crippen LogP contribution in [0.2, 0.25) is 0 Å². The van der Waals surface area contributed by atoms with Crippen molar-refractivity contribution in [2.24, 2.45) is 10.9 Å². The lowest BCUT2D eigenvalue weighted by atomic mass is 9.97. The number of nitrogens with one attached hydrogen (secondary N) is 2. The Labute approximate surface area is 197 Å². The van der Waals surface area contributed by atoms with Crippen molar-refractivity contribution < 1.29 is 0 Å². The number of pyridine rings is 1. The molecular formula is C21H28BrIN6. The summed E-state index contributed by atoms with van der Waals surface area (Å²) in [5.41, 5.74) is 2.19. The zero-order chi connectivity index (χ0) is 19.8. The van der Waals surface area contributed by atoms with Gasteiger partial charge in [-0.05, 0) is 49.1 Å². The van der Waals surface area contributed by atoms with Gasteiger partial charge in [-0.3, -0.25) is 4.40 Å². The van der Waals surface area contributed by atoms with E-state index < -0.39 is 0 Å². The van der Waals surface area contributed by atoms with E-state index in [0.717, 1.165) is 47.8 Å². The van der Waals surface area contributed by atoms with Crippen molar-refractivity contribution in [1.29, 1.82) is 0 Å². The molecule has 3 rings (SSSR count). The number of hydrogen-bond donors (Lipinski definition) is 2. The summed E-state index contributed by atoms with van der Waals surface area (Å²) in [5, 5.41) is 15.2. The van der Waals surface area contributed by atoms with Crippen LogP contribution in [0, 0.1) is 5.92 Å². The van der Waals surface area contributed by atoms with Crippen LogP contribution in [0.1, 0.15) is 31.7 Å². The molecule has 1 aromatic carbocycles. The average Bonchev–Trinajstić information content (AvgIpc) is 3.12. The topological polar surface area (TPSA) is 66.6 Å². The molecule has 0 saturated carbocycles. The molecule has 1 unspecified atom stereocenters. The van der Waals surface area contributed by atoms with Crippen molar-refractivity contribution in [2.75, 3.05) is 13.1 Å². The second-order valence-electron chi connectivity index (χ2n) is 6.73. The molecule has 156 valence electrons. The van der Waals surface area contributed by atoms with Gasteiger partial charge in [-0.2, -0.15) is 0 Å². The molecule has 0 aliphatic rings. The number of benzene rings is 1. The Bertz CT molecular complexity index is 926. The van der Waals surface area contributed by atoms with Crippen LogP contribution in [0.15, 0.2) is 58.1 Å². The monoisotopic (exact) mass is 570 g/mol. The molecule has 2 aromatic heterocycles. The van der Waals surface area contributed by atoms with Gasteiger partial charge in [0.15, 0.2) is 17.4 Å². The van der Waals surface area contributed by atoms with Gasteiger partial charge in [0.1, 0.15) is 6.54 Å². The molecule has 0 aliphatic carbocycles. The molecule has 2 N–H and O–H groups in total. The number of nitrogens with zero attached hydrogens (tertiary/aromatic N) is 4. The van der Waals surface area contributed by atoms with Gasteiger partial charge in [0, 0.05) is 23.8 Å². The Kier molecular flexibility index (Phi) is 9.86. The first kappa shape index (κ1) is 23.6. The molecule has 0 amide bonds. The van der Waals surface area contributed by atoms with Gasteiger partial charge >= 0.3 is 0 Å². The summed E-state index contributed by atoms with van der Waals surface area (Å²) in [6.07, 6.45) is 4.11. The number of aromatic nitrogens is 3. The standard InChI is InChI=1S/C21H27BrN6.HI/c1-3-16(12-17-8-7-9-18(22)13-17)14-24-21(23-4-2)25-15-20-27-26-19-10-5-6-11-28(19)20;/h5-11,13,16H,3-4,12,14-15H2,1-2H3,(H2,23,24,25);1H. The fourth-order valence-corrected chi connectivity index (χ4v) is 3.54. The van der Waals surface area contributed by atoms with Gasteiger partial charge in [-0.1, -0.05) is 47.5 Å². The van der Waals surface area contributed by atoms with Crippen molar-refractivity contribution in [2.45, 2.75) is 33.2 Å². The van der Waals surface area contributed by atoms with Crippen LogP contribution < -0.4 is 10.6 Å². The number of hydrogen-bond acceptors (Lipinski definition) is 3. The molecule has 0 radical (unpaired) electrons. The number of halogens is 2. The highest BCUT2D eigenvalue weighted by Crippen LogP contribution is 2.16. The first-order valence-electron chi connectivity index (χ1n) is 9.74. The molecule has 1 atom stereocenters. The third kappa shape index (κ3) is 6.95. The highest BCUT2D eigenvalue weighted by Gasteiger charge is 2.10. The number of guanidine groups is 1. The second-order valence-corrected chi connectivity index (χ2v) is 7.65. The van der Waals surface area contributed by atoms with E-state index in [9.17, 15) is 0 Å². The summed E-state index contributed by atoms with van der Waals surface area (Å²) in [5.74, 6) is 2.17. The summed E-state index contributed by atoms with van der Waals surface area (Å²) < 4.78 is 3.10. The molecular weight excluding hydrogens is 543 g/mol. The maximum absolute atomic E-state index is 4.70. The van der Waals surface area contributed by atoms with E-state index in [1.807, 2.05) is 28.8 Å². The van der Waals surface area contributed by atoms with Crippen molar-refractivity contribution in [3.8, 4) is 0 Å². The first-order chi connectivity index (χ1) is 13.7. The molecule has 3 aromatic rings. The Balaban J connectivity index is 0.00000300. The summed E-state index contributed by atoms with van der Waals surface area (Å²) >= 11 is 3.56. The normalized spacial score (nSPS) is 12.4. The van der Waals surface area contributed by atoms with Crippen molar-refractivity contribution in [3.63, 3.8) is 0 Å². The van der Waals surface area contributed by atoms with Crippen LogP contribution in [0.25, 0.3) is 5.65 Å². The largest absolute Gasteiger partial charge is 0.357 e. The zero-order valence-electron chi connectivity index (χ0n) is 16.8. The Morgan fingerprint density at radius 3 is 2.76 bits per heavy atom. The molecule has 0 saturated heterocycles. The third-order valence-electron chi connectivity index (χ3n) is 4.66. The van der Waals surface area contributed by atoms with Gasteiger partial charge in [-0.15, -0.1) is 34.2 Å². The van der Waals surface area contributed by atoms with Gasteiger partial charge in [-0.25, -0.2) is 4.99 Å². The Morgan fingerprint density at radius 2 is 2.00 bits per heavy atom. The molecule has 8 heteroatoms. The minimum Gasteiger partial charge on any atom is -0.357 e. The van der Waals surface area contributed by atoms with E-state index in [4.69, 9.17) is 4.99 Å². The lowest BCUT2D eigenvalue weighted by molar-refractivity contribution is 0.493. The number of aliphatic imine (C=N–C) groups is 1. The second kappa shape index (κ2) is 12.1. The molecule has 0 bridgehead atoms. The van der Waals surface area contributed by atoms with Crippen molar-refractivity contribution in [1.82, 2.24) is 25.2 Å². The predicted molar refractivity (Wildman–Crippen MR) is 133 cm³/mol.